The fourth-order valence-electron chi connectivity index (χ4n) is 4.04. The van der Waals surface area contributed by atoms with Crippen molar-refractivity contribution in [1.29, 1.82) is 5.26 Å². The van der Waals surface area contributed by atoms with Crippen molar-refractivity contribution in [1.82, 2.24) is 19.8 Å². The number of fused-ring (bicyclic) bond motifs is 1. The maximum Gasteiger partial charge on any atom is 0.263 e. The lowest BCUT2D eigenvalue weighted by atomic mass is 9.97. The molecule has 162 valence electrons. The first-order chi connectivity index (χ1) is 16.2. The number of hydrazone groups is 1. The second kappa shape index (κ2) is 8.55. The molecule has 2 heterocycles. The number of amides is 1. The molecule has 0 bridgehead atoms. The largest absolute Gasteiger partial charge is 0.497 e. The van der Waals surface area contributed by atoms with Crippen molar-refractivity contribution in [3.8, 4) is 11.8 Å². The Morgan fingerprint density at radius 3 is 2.67 bits per heavy atom. The van der Waals surface area contributed by atoms with Gasteiger partial charge in [0.15, 0.2) is 0 Å². The van der Waals surface area contributed by atoms with E-state index in [1.807, 2.05) is 48.5 Å². The van der Waals surface area contributed by atoms with Crippen molar-refractivity contribution in [2.45, 2.75) is 19.0 Å². The lowest BCUT2D eigenvalue weighted by molar-refractivity contribution is -0.133. The van der Waals surface area contributed by atoms with Crippen LogP contribution in [0.3, 0.4) is 0 Å². The number of carbonyl (C=O) groups excluding carboxylic acids is 1. The minimum absolute atomic E-state index is 0.0724. The zero-order valence-corrected chi connectivity index (χ0v) is 17.9. The SMILES string of the molecule is COc1ccc(C2CC(c3ccc4ccccc4c3)=NN2C(=O)Cn2cnnc2C#N)cc1. The molecule has 33 heavy (non-hydrogen) atoms. The zero-order chi connectivity index (χ0) is 22.8. The standard InChI is InChI=1S/C25H20N6O2/c1-33-21-10-8-18(9-11-21)23-13-22(20-7-6-17-4-2-3-5-19(17)12-20)29-31(23)25(32)15-30-16-27-28-24(30)14-26/h2-12,16,23H,13,15H2,1H3. The highest BCUT2D eigenvalue weighted by Gasteiger charge is 2.33. The highest BCUT2D eigenvalue weighted by molar-refractivity contribution is 6.05. The molecule has 0 radical (unpaired) electrons. The fourth-order valence-corrected chi connectivity index (χ4v) is 4.04. The van der Waals surface area contributed by atoms with Gasteiger partial charge in [-0.15, -0.1) is 10.2 Å². The molecular formula is C25H20N6O2. The number of nitriles is 1. The zero-order valence-electron chi connectivity index (χ0n) is 17.9. The Labute approximate surface area is 190 Å². The van der Waals surface area contributed by atoms with E-state index in [0.29, 0.717) is 6.42 Å². The smallest absolute Gasteiger partial charge is 0.263 e. The third-order valence-corrected chi connectivity index (χ3v) is 5.77. The van der Waals surface area contributed by atoms with Gasteiger partial charge in [-0.1, -0.05) is 48.5 Å². The quantitative estimate of drug-likeness (QED) is 0.475. The number of rotatable bonds is 5. The van der Waals surface area contributed by atoms with Crippen LogP contribution < -0.4 is 4.74 Å². The van der Waals surface area contributed by atoms with Crippen molar-refractivity contribution in [3.63, 3.8) is 0 Å². The molecule has 1 aromatic heterocycles. The first-order valence-electron chi connectivity index (χ1n) is 10.5. The van der Waals surface area contributed by atoms with Crippen LogP contribution in [0.4, 0.5) is 0 Å². The molecule has 1 aliphatic rings. The van der Waals surface area contributed by atoms with Gasteiger partial charge in [0.2, 0.25) is 5.82 Å². The summed E-state index contributed by atoms with van der Waals surface area (Å²) < 4.78 is 6.70. The third-order valence-electron chi connectivity index (χ3n) is 5.77. The second-order valence-corrected chi connectivity index (χ2v) is 7.73. The van der Waals surface area contributed by atoms with Crippen LogP contribution >= 0.6 is 0 Å². The number of hydrogen-bond donors (Lipinski definition) is 0. The highest BCUT2D eigenvalue weighted by Crippen LogP contribution is 2.34. The van der Waals surface area contributed by atoms with Gasteiger partial charge < -0.3 is 4.74 Å². The van der Waals surface area contributed by atoms with E-state index in [-0.39, 0.29) is 24.3 Å². The maximum absolute atomic E-state index is 13.3. The van der Waals surface area contributed by atoms with Crippen LogP contribution in [-0.4, -0.2) is 38.5 Å². The second-order valence-electron chi connectivity index (χ2n) is 7.73. The minimum atomic E-state index is -0.271. The van der Waals surface area contributed by atoms with Crippen molar-refractivity contribution in [2.24, 2.45) is 5.10 Å². The Morgan fingerprint density at radius 2 is 1.91 bits per heavy atom. The number of benzene rings is 3. The molecule has 1 aliphatic heterocycles. The molecule has 0 saturated heterocycles. The van der Waals surface area contributed by atoms with Crippen molar-refractivity contribution in [3.05, 3.63) is 90.0 Å². The molecule has 1 amide bonds. The monoisotopic (exact) mass is 436 g/mol. The molecular weight excluding hydrogens is 416 g/mol. The Morgan fingerprint density at radius 1 is 1.12 bits per heavy atom. The fraction of sp³-hybridized carbons (Fsp3) is 0.160. The number of carbonyl (C=O) groups is 1. The molecule has 1 unspecified atom stereocenters. The average Bonchev–Trinajstić information content (AvgIpc) is 3.51. The van der Waals surface area contributed by atoms with Gasteiger partial charge in [-0.2, -0.15) is 10.4 Å². The molecule has 0 saturated carbocycles. The van der Waals surface area contributed by atoms with Crippen molar-refractivity contribution < 1.29 is 9.53 Å². The van der Waals surface area contributed by atoms with E-state index in [9.17, 15) is 10.1 Å². The van der Waals surface area contributed by atoms with Gasteiger partial charge in [0.1, 0.15) is 24.7 Å². The summed E-state index contributed by atoms with van der Waals surface area (Å²) in [6.07, 6.45) is 1.95. The summed E-state index contributed by atoms with van der Waals surface area (Å²) in [5.74, 6) is 0.582. The van der Waals surface area contributed by atoms with E-state index in [4.69, 9.17) is 9.84 Å². The molecule has 0 aliphatic carbocycles. The summed E-state index contributed by atoms with van der Waals surface area (Å²) in [4.78, 5) is 13.3. The third kappa shape index (κ3) is 3.92. The summed E-state index contributed by atoms with van der Waals surface area (Å²) in [5.41, 5.74) is 2.76. The molecule has 8 nitrogen and oxygen atoms in total. The summed E-state index contributed by atoms with van der Waals surface area (Å²) in [6, 6.07) is 23.7. The minimum Gasteiger partial charge on any atom is -0.497 e. The molecule has 3 aromatic carbocycles. The lowest BCUT2D eigenvalue weighted by Gasteiger charge is -2.22. The normalized spacial score (nSPS) is 15.3. The predicted molar refractivity (Wildman–Crippen MR) is 122 cm³/mol. The molecule has 0 fully saturated rings. The molecule has 0 N–H and O–H groups in total. The van der Waals surface area contributed by atoms with E-state index in [1.54, 1.807) is 7.11 Å². The van der Waals surface area contributed by atoms with E-state index < -0.39 is 0 Å². The van der Waals surface area contributed by atoms with Gasteiger partial charge in [0.25, 0.3) is 5.91 Å². The number of aromatic nitrogens is 3. The van der Waals surface area contributed by atoms with Gasteiger partial charge in [0, 0.05) is 6.42 Å². The van der Waals surface area contributed by atoms with E-state index in [1.165, 1.54) is 15.9 Å². The van der Waals surface area contributed by atoms with Crippen LogP contribution in [0, 0.1) is 11.3 Å². The number of nitrogens with zero attached hydrogens (tertiary/aromatic N) is 6. The molecule has 5 rings (SSSR count). The Hall–Kier alpha value is -4.51. The average molecular weight is 436 g/mol. The first kappa shape index (κ1) is 20.4. The van der Waals surface area contributed by atoms with E-state index >= 15 is 0 Å². The molecule has 8 heteroatoms. The predicted octanol–water partition coefficient (Wildman–Crippen LogP) is 3.69. The van der Waals surface area contributed by atoms with E-state index in [0.717, 1.165) is 33.4 Å². The van der Waals surface area contributed by atoms with Gasteiger partial charge in [-0.05, 0) is 40.1 Å². The van der Waals surface area contributed by atoms with Gasteiger partial charge in [0.05, 0.1) is 18.9 Å². The molecule has 4 aromatic rings. The molecule has 0 spiro atoms. The Bertz CT molecular complexity index is 1400. The van der Waals surface area contributed by atoms with Gasteiger partial charge in [-0.25, -0.2) is 5.01 Å². The van der Waals surface area contributed by atoms with Gasteiger partial charge in [-0.3, -0.25) is 9.36 Å². The van der Waals surface area contributed by atoms with Crippen LogP contribution in [0.1, 0.15) is 29.4 Å². The van der Waals surface area contributed by atoms with Crippen molar-refractivity contribution >= 4 is 22.4 Å². The summed E-state index contributed by atoms with van der Waals surface area (Å²) in [6.45, 7) is -0.0724. The van der Waals surface area contributed by atoms with Crippen LogP contribution in [0.5, 0.6) is 5.75 Å². The van der Waals surface area contributed by atoms with Crippen LogP contribution in [0.25, 0.3) is 10.8 Å². The van der Waals surface area contributed by atoms with Crippen LogP contribution in [-0.2, 0) is 11.3 Å². The summed E-state index contributed by atoms with van der Waals surface area (Å²) >= 11 is 0. The topological polar surface area (TPSA) is 96.4 Å². The Balaban J connectivity index is 1.50. The number of ether oxygens (including phenoxy) is 1. The van der Waals surface area contributed by atoms with Gasteiger partial charge >= 0.3 is 0 Å². The Kier molecular flexibility index (Phi) is 5.29. The first-order valence-corrected chi connectivity index (χ1v) is 10.5. The lowest BCUT2D eigenvalue weighted by Crippen LogP contribution is -2.30. The van der Waals surface area contributed by atoms with Crippen LogP contribution in [0.2, 0.25) is 0 Å². The van der Waals surface area contributed by atoms with Crippen molar-refractivity contribution in [2.75, 3.05) is 7.11 Å². The summed E-state index contributed by atoms with van der Waals surface area (Å²) in [5, 5.41) is 25.2. The molecule has 1 atom stereocenters. The number of hydrogen-bond acceptors (Lipinski definition) is 6. The maximum atomic E-state index is 13.3. The van der Waals surface area contributed by atoms with Crippen LogP contribution in [0.15, 0.2) is 78.2 Å². The number of methoxy groups -OCH3 is 1. The summed E-state index contributed by atoms with van der Waals surface area (Å²) in [7, 11) is 1.62. The highest BCUT2D eigenvalue weighted by atomic mass is 16.5. The van der Waals surface area contributed by atoms with E-state index in [2.05, 4.69) is 34.5 Å².